The van der Waals surface area contributed by atoms with Crippen LogP contribution in [0.25, 0.3) is 0 Å². The van der Waals surface area contributed by atoms with Crippen LogP contribution in [0.1, 0.15) is 32.6 Å². The van der Waals surface area contributed by atoms with Crippen LogP contribution in [0.15, 0.2) is 35.6 Å². The first-order valence-electron chi connectivity index (χ1n) is 5.74. The summed E-state index contributed by atoms with van der Waals surface area (Å²) in [5, 5.41) is 0. The lowest BCUT2D eigenvalue weighted by molar-refractivity contribution is 0.277. The molecule has 1 fully saturated rings. The van der Waals surface area contributed by atoms with Crippen molar-refractivity contribution in [2.75, 3.05) is 13.1 Å². The minimum Gasteiger partial charge on any atom is -0.374 e. The zero-order valence-electron chi connectivity index (χ0n) is 9.00. The van der Waals surface area contributed by atoms with Crippen LogP contribution < -0.4 is 0 Å². The van der Waals surface area contributed by atoms with Crippen LogP contribution >= 0.6 is 0 Å². The van der Waals surface area contributed by atoms with Gasteiger partial charge in [-0.15, -0.1) is 0 Å². The number of nitrogens with zero attached hydrogens (tertiary/aromatic N) is 1. The summed E-state index contributed by atoms with van der Waals surface area (Å²) in [4.78, 5) is 2.57. The lowest BCUT2D eigenvalue weighted by atomic mass is 10.1. The van der Waals surface area contributed by atoms with E-state index in [1.807, 2.05) is 0 Å². The van der Waals surface area contributed by atoms with Gasteiger partial charge in [0.05, 0.1) is 0 Å². The Kier molecular flexibility index (Phi) is 3.07. The first-order valence-corrected chi connectivity index (χ1v) is 5.74. The molecule has 2 aliphatic rings. The van der Waals surface area contributed by atoms with Gasteiger partial charge in [0, 0.05) is 18.8 Å². The summed E-state index contributed by atoms with van der Waals surface area (Å²) in [6.07, 6.45) is 14.0. The van der Waals surface area contributed by atoms with Crippen molar-refractivity contribution >= 4 is 0 Å². The van der Waals surface area contributed by atoms with Gasteiger partial charge in [-0.05, 0) is 31.3 Å². The highest BCUT2D eigenvalue weighted by molar-refractivity contribution is 5.43. The van der Waals surface area contributed by atoms with E-state index in [1.165, 1.54) is 43.6 Å². The Morgan fingerprint density at radius 3 is 2.36 bits per heavy atom. The average Bonchev–Trinajstić information content (AvgIpc) is 2.74. The lowest BCUT2D eigenvalue weighted by Crippen LogP contribution is -2.29. The summed E-state index contributed by atoms with van der Waals surface area (Å²) in [7, 11) is 0. The van der Waals surface area contributed by atoms with Crippen molar-refractivity contribution in [3.63, 3.8) is 0 Å². The predicted octanol–water partition coefficient (Wildman–Crippen LogP) is 3.26. The van der Waals surface area contributed by atoms with E-state index in [-0.39, 0.29) is 0 Å². The Bertz CT molecular complexity index is 264. The van der Waals surface area contributed by atoms with Crippen LogP contribution in [0.2, 0.25) is 0 Å². The van der Waals surface area contributed by atoms with Crippen LogP contribution in [0, 0.1) is 0 Å². The average molecular weight is 189 g/mol. The first-order chi connectivity index (χ1) is 6.92. The third-order valence-electron chi connectivity index (χ3n) is 3.07. The molecule has 76 valence electrons. The summed E-state index contributed by atoms with van der Waals surface area (Å²) < 4.78 is 0. The van der Waals surface area contributed by atoms with Gasteiger partial charge < -0.3 is 4.90 Å². The summed E-state index contributed by atoms with van der Waals surface area (Å²) in [6, 6.07) is 0. The molecule has 1 heterocycles. The topological polar surface area (TPSA) is 3.24 Å². The van der Waals surface area contributed by atoms with Crippen molar-refractivity contribution < 1.29 is 0 Å². The molecule has 0 atom stereocenters. The van der Waals surface area contributed by atoms with Gasteiger partial charge in [-0.3, -0.25) is 0 Å². The third kappa shape index (κ3) is 1.92. The molecule has 14 heavy (non-hydrogen) atoms. The fourth-order valence-corrected chi connectivity index (χ4v) is 2.34. The molecule has 1 heteroatoms. The third-order valence-corrected chi connectivity index (χ3v) is 3.07. The number of hydrogen-bond acceptors (Lipinski definition) is 1. The molecule has 0 amide bonds. The van der Waals surface area contributed by atoms with Crippen molar-refractivity contribution in [1.82, 2.24) is 4.90 Å². The van der Waals surface area contributed by atoms with Gasteiger partial charge in [-0.2, -0.15) is 0 Å². The highest BCUT2D eigenvalue weighted by Gasteiger charge is 2.14. The molecular weight excluding hydrogens is 170 g/mol. The van der Waals surface area contributed by atoms with Crippen molar-refractivity contribution in [3.05, 3.63) is 35.6 Å². The molecule has 0 saturated carbocycles. The van der Waals surface area contributed by atoms with E-state index in [1.54, 1.807) is 0 Å². The minimum atomic E-state index is 1.16. The van der Waals surface area contributed by atoms with E-state index in [2.05, 4.69) is 36.1 Å². The van der Waals surface area contributed by atoms with E-state index in [0.29, 0.717) is 0 Å². The van der Waals surface area contributed by atoms with Gasteiger partial charge in [-0.1, -0.05) is 31.2 Å². The largest absolute Gasteiger partial charge is 0.374 e. The maximum absolute atomic E-state index is 2.57. The quantitative estimate of drug-likeness (QED) is 0.644. The second kappa shape index (κ2) is 4.50. The predicted molar refractivity (Wildman–Crippen MR) is 61.0 cm³/mol. The molecule has 1 saturated heterocycles. The minimum absolute atomic E-state index is 1.16. The van der Waals surface area contributed by atoms with Crippen LogP contribution in [-0.4, -0.2) is 18.0 Å². The smallest absolute Gasteiger partial charge is 0.0203 e. The van der Waals surface area contributed by atoms with Gasteiger partial charge in [0.1, 0.15) is 0 Å². The zero-order chi connectivity index (χ0) is 9.80. The van der Waals surface area contributed by atoms with Crippen molar-refractivity contribution in [2.45, 2.75) is 32.6 Å². The Morgan fingerprint density at radius 2 is 1.79 bits per heavy atom. The van der Waals surface area contributed by atoms with Crippen molar-refractivity contribution in [3.8, 4) is 0 Å². The van der Waals surface area contributed by atoms with Crippen LogP contribution in [-0.2, 0) is 0 Å². The fourth-order valence-electron chi connectivity index (χ4n) is 2.34. The Balaban J connectivity index is 2.15. The SMILES string of the molecule is CCC(=C1C=CC=C1)N1CCCCC1. The molecule has 2 rings (SSSR count). The van der Waals surface area contributed by atoms with E-state index in [0.717, 1.165) is 6.42 Å². The summed E-state index contributed by atoms with van der Waals surface area (Å²) in [5.74, 6) is 0. The van der Waals surface area contributed by atoms with Gasteiger partial charge in [0.2, 0.25) is 0 Å². The van der Waals surface area contributed by atoms with E-state index in [4.69, 9.17) is 0 Å². The van der Waals surface area contributed by atoms with E-state index in [9.17, 15) is 0 Å². The van der Waals surface area contributed by atoms with Crippen molar-refractivity contribution in [2.24, 2.45) is 0 Å². The van der Waals surface area contributed by atoms with Crippen LogP contribution in [0.4, 0.5) is 0 Å². The monoisotopic (exact) mass is 189 g/mol. The molecule has 0 aromatic rings. The van der Waals surface area contributed by atoms with Crippen LogP contribution in [0.5, 0.6) is 0 Å². The molecule has 0 bridgehead atoms. The lowest BCUT2D eigenvalue weighted by Gasteiger charge is -2.31. The summed E-state index contributed by atoms with van der Waals surface area (Å²) >= 11 is 0. The van der Waals surface area contributed by atoms with Gasteiger partial charge in [0.15, 0.2) is 0 Å². The maximum atomic E-state index is 2.57. The number of hydrogen-bond donors (Lipinski definition) is 0. The molecule has 0 unspecified atom stereocenters. The van der Waals surface area contributed by atoms with Crippen LogP contribution in [0.3, 0.4) is 0 Å². The Labute approximate surface area is 86.8 Å². The van der Waals surface area contributed by atoms with E-state index >= 15 is 0 Å². The highest BCUT2D eigenvalue weighted by Crippen LogP contribution is 2.23. The standard InChI is InChI=1S/C13H19N/c1-2-13(12-8-4-5-9-12)14-10-6-3-7-11-14/h4-5,8-9H,2-3,6-7,10-11H2,1H3. The molecule has 0 radical (unpaired) electrons. The number of likely N-dealkylation sites (tertiary alicyclic amines) is 1. The zero-order valence-corrected chi connectivity index (χ0v) is 9.00. The Morgan fingerprint density at radius 1 is 1.14 bits per heavy atom. The molecule has 0 aromatic carbocycles. The van der Waals surface area contributed by atoms with Gasteiger partial charge >= 0.3 is 0 Å². The highest BCUT2D eigenvalue weighted by atomic mass is 15.1. The van der Waals surface area contributed by atoms with Crippen molar-refractivity contribution in [1.29, 1.82) is 0 Å². The van der Waals surface area contributed by atoms with E-state index < -0.39 is 0 Å². The Hall–Kier alpha value is -0.980. The molecule has 0 N–H and O–H groups in total. The number of rotatable bonds is 2. The maximum Gasteiger partial charge on any atom is 0.0203 e. The number of allylic oxidation sites excluding steroid dienone is 6. The summed E-state index contributed by atoms with van der Waals surface area (Å²) in [5.41, 5.74) is 2.96. The normalized spacial score (nSPS) is 20.6. The molecule has 1 nitrogen and oxygen atoms in total. The van der Waals surface area contributed by atoms with Gasteiger partial charge in [0.25, 0.3) is 0 Å². The molecule has 1 aliphatic heterocycles. The number of piperidine rings is 1. The first kappa shape index (κ1) is 9.57. The second-order valence-corrected chi connectivity index (χ2v) is 4.02. The molecular formula is C13H19N. The van der Waals surface area contributed by atoms with Gasteiger partial charge in [-0.25, -0.2) is 0 Å². The molecule has 0 aromatic heterocycles. The molecule has 0 spiro atoms. The molecule has 1 aliphatic carbocycles. The fraction of sp³-hybridized carbons (Fsp3) is 0.538. The second-order valence-electron chi connectivity index (χ2n) is 4.02. The summed E-state index contributed by atoms with van der Waals surface area (Å²) in [6.45, 7) is 4.78.